The van der Waals surface area contributed by atoms with Crippen molar-refractivity contribution in [3.63, 3.8) is 0 Å². The smallest absolute Gasteiger partial charge is 0.263 e. The highest BCUT2D eigenvalue weighted by atomic mass is 35.5. The average molecular weight is 266 g/mol. The lowest BCUT2D eigenvalue weighted by Crippen LogP contribution is -2.20. The van der Waals surface area contributed by atoms with Crippen molar-refractivity contribution in [2.45, 2.75) is 0 Å². The molecule has 0 saturated heterocycles. The number of benzene rings is 1. The van der Waals surface area contributed by atoms with E-state index < -0.39 is 0 Å². The van der Waals surface area contributed by atoms with Crippen LogP contribution < -0.4 is 0 Å². The van der Waals surface area contributed by atoms with E-state index in [1.807, 2.05) is 36.4 Å². The fourth-order valence-electron chi connectivity index (χ4n) is 1.47. The molecule has 0 aliphatic heterocycles. The lowest BCUT2D eigenvalue weighted by atomic mass is 10.2. The molecule has 1 aromatic carbocycles. The second kappa shape index (κ2) is 4.90. The third kappa shape index (κ3) is 2.68. The van der Waals surface area contributed by atoms with Crippen LogP contribution in [0.3, 0.4) is 0 Å². The quantitative estimate of drug-likeness (QED) is 0.809. The monoisotopic (exact) mass is 265 g/mol. The summed E-state index contributed by atoms with van der Waals surface area (Å²) in [4.78, 5) is 15.1. The molecule has 88 valence electrons. The first-order valence-electron chi connectivity index (χ1n) is 5.15. The minimum Gasteiger partial charge on any atom is -0.344 e. The highest BCUT2D eigenvalue weighted by Gasteiger charge is 2.11. The third-order valence-electron chi connectivity index (χ3n) is 2.33. The molecule has 1 aromatic heterocycles. The normalized spacial score (nSPS) is 10.3. The molecule has 0 radical (unpaired) electrons. The van der Waals surface area contributed by atoms with E-state index in [9.17, 15) is 4.79 Å². The molecule has 1 amide bonds. The number of nitrogens with zero attached hydrogens (tertiary/aromatic N) is 1. The Morgan fingerprint density at radius 1 is 1.24 bits per heavy atom. The van der Waals surface area contributed by atoms with Crippen molar-refractivity contribution in [3.05, 3.63) is 46.3 Å². The summed E-state index contributed by atoms with van der Waals surface area (Å²) in [6.07, 6.45) is 0. The van der Waals surface area contributed by atoms with Gasteiger partial charge in [-0.05, 0) is 29.8 Å². The molecule has 17 heavy (non-hydrogen) atoms. The van der Waals surface area contributed by atoms with Crippen molar-refractivity contribution in [3.8, 4) is 10.4 Å². The topological polar surface area (TPSA) is 20.3 Å². The van der Waals surface area contributed by atoms with E-state index >= 15 is 0 Å². The highest BCUT2D eigenvalue weighted by Crippen LogP contribution is 2.30. The van der Waals surface area contributed by atoms with E-state index in [-0.39, 0.29) is 5.91 Å². The Morgan fingerprint density at radius 3 is 2.65 bits per heavy atom. The molecule has 0 aliphatic carbocycles. The van der Waals surface area contributed by atoms with Crippen LogP contribution in [0, 0.1) is 0 Å². The molecule has 1 heterocycles. The minimum atomic E-state index is 0.0308. The molecular weight excluding hydrogens is 254 g/mol. The fourth-order valence-corrected chi connectivity index (χ4v) is 2.68. The van der Waals surface area contributed by atoms with Crippen LogP contribution in [0.25, 0.3) is 10.4 Å². The zero-order valence-electron chi connectivity index (χ0n) is 9.61. The summed E-state index contributed by atoms with van der Waals surface area (Å²) < 4.78 is 0. The van der Waals surface area contributed by atoms with E-state index in [1.165, 1.54) is 11.3 Å². The molecule has 0 spiro atoms. The molecule has 0 saturated carbocycles. The van der Waals surface area contributed by atoms with Crippen molar-refractivity contribution in [1.29, 1.82) is 0 Å². The molecule has 0 aliphatic rings. The van der Waals surface area contributed by atoms with Crippen molar-refractivity contribution < 1.29 is 4.79 Å². The van der Waals surface area contributed by atoms with Gasteiger partial charge in [-0.1, -0.05) is 23.7 Å². The van der Waals surface area contributed by atoms with Gasteiger partial charge in [0, 0.05) is 24.0 Å². The van der Waals surface area contributed by atoms with Gasteiger partial charge in [0.25, 0.3) is 5.91 Å². The van der Waals surface area contributed by atoms with Gasteiger partial charge in [0.15, 0.2) is 0 Å². The maximum atomic E-state index is 11.8. The summed E-state index contributed by atoms with van der Waals surface area (Å²) >= 11 is 7.43. The molecule has 0 atom stereocenters. The number of hydrogen-bond acceptors (Lipinski definition) is 2. The van der Waals surface area contributed by atoms with Crippen molar-refractivity contribution in [1.82, 2.24) is 4.90 Å². The maximum Gasteiger partial charge on any atom is 0.263 e. The molecule has 4 heteroatoms. The average Bonchev–Trinajstić information content (AvgIpc) is 2.77. The molecule has 2 rings (SSSR count). The van der Waals surface area contributed by atoms with E-state index in [0.717, 1.165) is 15.3 Å². The predicted molar refractivity (Wildman–Crippen MR) is 72.8 cm³/mol. The summed E-state index contributed by atoms with van der Waals surface area (Å²) in [7, 11) is 3.50. The van der Waals surface area contributed by atoms with Crippen LogP contribution in [0.1, 0.15) is 9.67 Å². The molecule has 0 N–H and O–H groups in total. The third-order valence-corrected chi connectivity index (χ3v) is 3.69. The number of thiophene rings is 1. The summed E-state index contributed by atoms with van der Waals surface area (Å²) in [5.41, 5.74) is 1.04. The van der Waals surface area contributed by atoms with Crippen LogP contribution in [0.5, 0.6) is 0 Å². The Hall–Kier alpha value is -1.32. The van der Waals surface area contributed by atoms with Crippen LogP contribution in [0.4, 0.5) is 0 Å². The number of rotatable bonds is 2. The fraction of sp³-hybridized carbons (Fsp3) is 0.154. The Bertz CT molecular complexity index is 548. The molecule has 2 nitrogen and oxygen atoms in total. The van der Waals surface area contributed by atoms with Crippen molar-refractivity contribution >= 4 is 28.8 Å². The number of carbonyl (C=O) groups excluding carboxylic acids is 1. The van der Waals surface area contributed by atoms with Gasteiger partial charge < -0.3 is 4.90 Å². The van der Waals surface area contributed by atoms with Crippen LogP contribution >= 0.6 is 22.9 Å². The standard InChI is InChI=1S/C13H12ClNOS/c1-15(2)13(16)12-7-6-11(17-12)9-4-3-5-10(14)8-9/h3-8H,1-2H3. The van der Waals surface area contributed by atoms with Crippen LogP contribution in [0.15, 0.2) is 36.4 Å². The Balaban J connectivity index is 2.33. The van der Waals surface area contributed by atoms with E-state index in [2.05, 4.69) is 0 Å². The van der Waals surface area contributed by atoms with Gasteiger partial charge >= 0.3 is 0 Å². The number of hydrogen-bond donors (Lipinski definition) is 0. The predicted octanol–water partition coefficient (Wildman–Crippen LogP) is 3.77. The van der Waals surface area contributed by atoms with E-state index in [1.54, 1.807) is 19.0 Å². The van der Waals surface area contributed by atoms with E-state index in [4.69, 9.17) is 11.6 Å². The number of amides is 1. The van der Waals surface area contributed by atoms with Gasteiger partial charge in [0.05, 0.1) is 4.88 Å². The van der Waals surface area contributed by atoms with Crippen LogP contribution in [0.2, 0.25) is 5.02 Å². The van der Waals surface area contributed by atoms with Crippen molar-refractivity contribution in [2.24, 2.45) is 0 Å². The Labute approximate surface area is 109 Å². The van der Waals surface area contributed by atoms with Crippen molar-refractivity contribution in [2.75, 3.05) is 14.1 Å². The Morgan fingerprint density at radius 2 is 2.00 bits per heavy atom. The van der Waals surface area contributed by atoms with Gasteiger partial charge in [0.2, 0.25) is 0 Å². The summed E-state index contributed by atoms with van der Waals surface area (Å²) in [5, 5.41) is 0.705. The lowest BCUT2D eigenvalue weighted by Gasteiger charge is -2.07. The second-order valence-corrected chi connectivity index (χ2v) is 5.39. The highest BCUT2D eigenvalue weighted by molar-refractivity contribution is 7.17. The minimum absolute atomic E-state index is 0.0308. The van der Waals surface area contributed by atoms with Gasteiger partial charge in [-0.3, -0.25) is 4.79 Å². The summed E-state index contributed by atoms with van der Waals surface area (Å²) in [5.74, 6) is 0.0308. The lowest BCUT2D eigenvalue weighted by molar-refractivity contribution is 0.0832. The largest absolute Gasteiger partial charge is 0.344 e. The molecular formula is C13H12ClNOS. The number of halogens is 1. The van der Waals surface area contributed by atoms with Gasteiger partial charge in [-0.25, -0.2) is 0 Å². The zero-order chi connectivity index (χ0) is 12.4. The first kappa shape index (κ1) is 12.1. The van der Waals surface area contributed by atoms with E-state index in [0.29, 0.717) is 5.02 Å². The van der Waals surface area contributed by atoms with Gasteiger partial charge in [0.1, 0.15) is 0 Å². The molecule has 0 fully saturated rings. The summed E-state index contributed by atoms with van der Waals surface area (Å²) in [6, 6.07) is 11.4. The number of carbonyl (C=O) groups is 1. The molecule has 0 bridgehead atoms. The maximum absolute atomic E-state index is 11.8. The Kier molecular flexibility index (Phi) is 3.50. The van der Waals surface area contributed by atoms with Crippen LogP contribution in [-0.2, 0) is 0 Å². The molecule has 2 aromatic rings. The second-order valence-electron chi connectivity index (χ2n) is 3.87. The first-order valence-corrected chi connectivity index (χ1v) is 6.35. The first-order chi connectivity index (χ1) is 8.08. The van der Waals surface area contributed by atoms with Gasteiger partial charge in [-0.15, -0.1) is 11.3 Å². The zero-order valence-corrected chi connectivity index (χ0v) is 11.2. The summed E-state index contributed by atoms with van der Waals surface area (Å²) in [6.45, 7) is 0. The molecule has 0 unspecified atom stereocenters. The SMILES string of the molecule is CN(C)C(=O)c1ccc(-c2cccc(Cl)c2)s1. The van der Waals surface area contributed by atoms with Crippen LogP contribution in [-0.4, -0.2) is 24.9 Å². The van der Waals surface area contributed by atoms with Gasteiger partial charge in [-0.2, -0.15) is 0 Å².